The molecule has 0 aromatic heterocycles. The number of rotatable bonds is 1. The maximum Gasteiger partial charge on any atom is 0.416 e. The van der Waals surface area contributed by atoms with Gasteiger partial charge in [-0.25, -0.2) is 0 Å². The third-order valence-electron chi connectivity index (χ3n) is 3.94. The maximum atomic E-state index is 13.0. The van der Waals surface area contributed by atoms with Crippen LogP contribution in [0.25, 0.3) is 10.8 Å². The second kappa shape index (κ2) is 8.75. The van der Waals surface area contributed by atoms with Crippen molar-refractivity contribution in [3.63, 3.8) is 0 Å². The minimum Gasteiger partial charge on any atom is -0.496 e. The van der Waals surface area contributed by atoms with Gasteiger partial charge in [0.2, 0.25) is 0 Å². The van der Waals surface area contributed by atoms with E-state index in [1.807, 2.05) is 13.8 Å². The molecule has 0 fully saturated rings. The molecule has 0 unspecified atom stereocenters. The lowest BCUT2D eigenvalue weighted by atomic mass is 9.97. The lowest BCUT2D eigenvalue weighted by Gasteiger charge is -2.16. The predicted molar refractivity (Wildman–Crippen MR) is 99.6 cm³/mol. The maximum absolute atomic E-state index is 13.0. The number of alkyl halides is 3. The van der Waals surface area contributed by atoms with E-state index in [-0.39, 0.29) is 18.6 Å². The highest BCUT2D eigenvalue weighted by Gasteiger charge is 2.32. The van der Waals surface area contributed by atoms with E-state index >= 15 is 0 Å². The Morgan fingerprint density at radius 3 is 2.52 bits per heavy atom. The number of halogens is 3. The van der Waals surface area contributed by atoms with Crippen molar-refractivity contribution >= 4 is 16.6 Å². The molecule has 0 N–H and O–H groups in total. The number of benzene rings is 2. The number of ketones is 1. The Bertz CT molecular complexity index is 880. The van der Waals surface area contributed by atoms with Crippen molar-refractivity contribution in [2.75, 3.05) is 13.7 Å². The summed E-state index contributed by atoms with van der Waals surface area (Å²) in [6.45, 7) is 3.92. The van der Waals surface area contributed by atoms with Crippen molar-refractivity contribution in [3.8, 4) is 11.5 Å². The molecular weight excluding hydrogens is 357 g/mol. The van der Waals surface area contributed by atoms with Gasteiger partial charge < -0.3 is 9.47 Å². The predicted octanol–water partition coefficient (Wildman–Crippen LogP) is 5.88. The summed E-state index contributed by atoms with van der Waals surface area (Å²) in [5.74, 6) is 0.344. The van der Waals surface area contributed by atoms with Crippen molar-refractivity contribution in [1.82, 2.24) is 0 Å². The number of methoxy groups -OCH3 is 1. The fourth-order valence-electron chi connectivity index (χ4n) is 2.79. The smallest absolute Gasteiger partial charge is 0.416 e. The Labute approximate surface area is 156 Å². The number of hydrogen-bond donors (Lipinski definition) is 0. The molecule has 144 valence electrons. The third-order valence-corrected chi connectivity index (χ3v) is 3.94. The van der Waals surface area contributed by atoms with Crippen LogP contribution in [0.5, 0.6) is 11.5 Å². The molecule has 0 atom stereocenters. The van der Waals surface area contributed by atoms with Crippen LogP contribution in [0.15, 0.2) is 54.1 Å². The van der Waals surface area contributed by atoms with Crippen molar-refractivity contribution in [1.29, 1.82) is 0 Å². The van der Waals surface area contributed by atoms with Gasteiger partial charge >= 0.3 is 6.18 Å². The summed E-state index contributed by atoms with van der Waals surface area (Å²) in [6, 6.07) is 8.73. The SMILES string of the molecule is CC.COc1cccc2ccc3c(c12)C(=O)C/C=C(C(F)(F)F)\C=C/CO3. The van der Waals surface area contributed by atoms with E-state index in [0.29, 0.717) is 16.9 Å². The molecule has 1 heterocycles. The average Bonchev–Trinajstić information content (AvgIpc) is 2.66. The van der Waals surface area contributed by atoms with Crippen LogP contribution in [0.3, 0.4) is 0 Å². The minimum absolute atomic E-state index is 0.0750. The summed E-state index contributed by atoms with van der Waals surface area (Å²) in [6.07, 6.45) is -1.78. The summed E-state index contributed by atoms with van der Waals surface area (Å²) in [7, 11) is 1.48. The van der Waals surface area contributed by atoms with Gasteiger partial charge in [-0.2, -0.15) is 13.2 Å². The Hall–Kier alpha value is -2.76. The highest BCUT2D eigenvalue weighted by atomic mass is 19.4. The molecule has 6 heteroatoms. The molecule has 3 nitrogen and oxygen atoms in total. The van der Waals surface area contributed by atoms with E-state index in [1.165, 1.54) is 13.2 Å². The molecule has 0 saturated carbocycles. The molecule has 3 rings (SSSR count). The highest BCUT2D eigenvalue weighted by Crippen LogP contribution is 2.36. The number of carbonyl (C=O) groups is 1. The molecule has 0 aliphatic carbocycles. The minimum atomic E-state index is -4.52. The topological polar surface area (TPSA) is 35.5 Å². The summed E-state index contributed by atoms with van der Waals surface area (Å²) in [5, 5.41) is 1.29. The number of Topliss-reactive ketones (excluding diaryl/α,β-unsaturated/α-hetero) is 1. The van der Waals surface area contributed by atoms with Crippen molar-refractivity contribution in [2.24, 2.45) is 0 Å². The lowest BCUT2D eigenvalue weighted by Crippen LogP contribution is -2.13. The normalized spacial score (nSPS) is 17.6. The van der Waals surface area contributed by atoms with Crippen LogP contribution in [0.4, 0.5) is 13.2 Å². The Kier molecular flexibility index (Phi) is 6.66. The van der Waals surface area contributed by atoms with E-state index in [4.69, 9.17) is 9.47 Å². The molecular formula is C21H21F3O3. The molecule has 2 aromatic rings. The first-order valence-electron chi connectivity index (χ1n) is 8.61. The van der Waals surface area contributed by atoms with Gasteiger partial charge in [-0.15, -0.1) is 0 Å². The first-order valence-corrected chi connectivity index (χ1v) is 8.61. The summed E-state index contributed by atoms with van der Waals surface area (Å²) >= 11 is 0. The van der Waals surface area contributed by atoms with Gasteiger partial charge in [-0.1, -0.05) is 44.2 Å². The number of allylic oxidation sites excluding steroid dienone is 3. The van der Waals surface area contributed by atoms with Crippen molar-refractivity contribution < 1.29 is 27.4 Å². The molecule has 1 aliphatic rings. The second-order valence-electron chi connectivity index (χ2n) is 5.49. The first kappa shape index (κ1) is 20.6. The molecule has 0 radical (unpaired) electrons. The molecule has 0 spiro atoms. The second-order valence-corrected chi connectivity index (χ2v) is 5.49. The third kappa shape index (κ3) is 4.51. The van der Waals surface area contributed by atoms with Gasteiger partial charge in [0, 0.05) is 11.8 Å². The first-order chi connectivity index (χ1) is 12.9. The zero-order chi connectivity index (χ0) is 20.0. The number of ether oxygens (including phenoxy) is 2. The van der Waals surface area contributed by atoms with Gasteiger partial charge in [0.05, 0.1) is 18.2 Å². The van der Waals surface area contributed by atoms with Gasteiger partial charge in [0.25, 0.3) is 0 Å². The quantitative estimate of drug-likeness (QED) is 0.621. The Morgan fingerprint density at radius 2 is 1.85 bits per heavy atom. The molecule has 2 aromatic carbocycles. The standard InChI is InChI=1S/C19H15F3O3.C2H6/c1-24-15-6-2-4-12-7-10-16-18(17(12)15)14(23)9-8-13(19(20,21)22)5-3-11-25-16;1-2/h2-8,10H,9,11H2,1H3;1-2H3/b5-3-,13-8+;. The molecule has 0 amide bonds. The number of fused-ring (bicyclic) bond motifs is 3. The van der Waals surface area contributed by atoms with Gasteiger partial charge in [-0.05, 0) is 23.6 Å². The average molecular weight is 378 g/mol. The molecule has 27 heavy (non-hydrogen) atoms. The molecule has 0 saturated heterocycles. The Balaban J connectivity index is 0.00000126. The lowest BCUT2D eigenvalue weighted by molar-refractivity contribution is -0.0884. The van der Waals surface area contributed by atoms with Crippen molar-refractivity contribution in [3.05, 3.63) is 59.7 Å². The van der Waals surface area contributed by atoms with Gasteiger partial charge in [-0.3, -0.25) is 4.79 Å². The summed E-state index contributed by atoms with van der Waals surface area (Å²) in [4.78, 5) is 12.7. The molecule has 0 bridgehead atoms. The molecule has 1 aliphatic heterocycles. The van der Waals surface area contributed by atoms with E-state index in [0.717, 1.165) is 17.5 Å². The van der Waals surface area contributed by atoms with Crippen LogP contribution in [0.2, 0.25) is 0 Å². The number of carbonyl (C=O) groups excluding carboxylic acids is 1. The van der Waals surface area contributed by atoms with E-state index in [1.54, 1.807) is 30.3 Å². The van der Waals surface area contributed by atoms with E-state index < -0.39 is 17.5 Å². The monoisotopic (exact) mass is 378 g/mol. The van der Waals surface area contributed by atoms with E-state index in [2.05, 4.69) is 0 Å². The largest absolute Gasteiger partial charge is 0.496 e. The van der Waals surface area contributed by atoms with Gasteiger partial charge in [0.1, 0.15) is 18.1 Å². The Morgan fingerprint density at radius 1 is 1.11 bits per heavy atom. The fourth-order valence-corrected chi connectivity index (χ4v) is 2.79. The van der Waals surface area contributed by atoms with Crippen LogP contribution >= 0.6 is 0 Å². The van der Waals surface area contributed by atoms with Crippen LogP contribution in [-0.4, -0.2) is 25.7 Å². The van der Waals surface area contributed by atoms with Gasteiger partial charge in [0.15, 0.2) is 5.78 Å². The summed E-state index contributed by atoms with van der Waals surface area (Å²) < 4.78 is 49.8. The van der Waals surface area contributed by atoms with Crippen LogP contribution in [0.1, 0.15) is 30.6 Å². The zero-order valence-corrected chi connectivity index (χ0v) is 15.4. The van der Waals surface area contributed by atoms with Crippen LogP contribution in [0, 0.1) is 0 Å². The summed E-state index contributed by atoms with van der Waals surface area (Å²) in [5.41, 5.74) is -0.622. The fraction of sp³-hybridized carbons (Fsp3) is 0.286. The van der Waals surface area contributed by atoms with Crippen LogP contribution in [-0.2, 0) is 0 Å². The highest BCUT2D eigenvalue weighted by molar-refractivity contribution is 6.13. The van der Waals surface area contributed by atoms with Crippen molar-refractivity contribution in [2.45, 2.75) is 26.4 Å². The van der Waals surface area contributed by atoms with E-state index in [9.17, 15) is 18.0 Å². The zero-order valence-electron chi connectivity index (χ0n) is 15.4. The number of hydrogen-bond acceptors (Lipinski definition) is 3. The van der Waals surface area contributed by atoms with Crippen LogP contribution < -0.4 is 9.47 Å².